The number of carbonyl (C=O) groups excluding carboxylic acids is 1. The molecule has 4 rings (SSSR count). The van der Waals surface area contributed by atoms with Crippen molar-refractivity contribution in [3.05, 3.63) is 60.0 Å². The zero-order valence-corrected chi connectivity index (χ0v) is 13.3. The molecule has 3 heterocycles. The minimum absolute atomic E-state index is 0.00840. The van der Waals surface area contributed by atoms with Crippen LogP contribution in [0, 0.1) is 0 Å². The van der Waals surface area contributed by atoms with Crippen LogP contribution < -0.4 is 10.1 Å². The summed E-state index contributed by atoms with van der Waals surface area (Å²) < 4.78 is 7.52. The molecular formula is C18H18N4O2. The molecule has 2 aromatic heterocycles. The predicted octanol–water partition coefficient (Wildman–Crippen LogP) is 2.47. The van der Waals surface area contributed by atoms with Crippen molar-refractivity contribution in [3.8, 4) is 5.75 Å². The van der Waals surface area contributed by atoms with E-state index in [1.807, 2.05) is 60.0 Å². The largest absolute Gasteiger partial charge is 0.493 e. The Hall–Kier alpha value is -2.89. The number of aromatic nitrogens is 3. The summed E-state index contributed by atoms with van der Waals surface area (Å²) in [6, 6.07) is 13.2. The number of rotatable bonds is 3. The van der Waals surface area contributed by atoms with E-state index < -0.39 is 0 Å². The van der Waals surface area contributed by atoms with Crippen LogP contribution in [0.25, 0.3) is 5.65 Å². The monoisotopic (exact) mass is 322 g/mol. The molecule has 0 bridgehead atoms. The minimum atomic E-state index is -0.232. The van der Waals surface area contributed by atoms with Gasteiger partial charge in [-0.2, -0.15) is 0 Å². The van der Waals surface area contributed by atoms with Crippen LogP contribution in [0.5, 0.6) is 5.75 Å². The molecule has 122 valence electrons. The highest BCUT2D eigenvalue weighted by Gasteiger charge is 2.29. The Morgan fingerprint density at radius 1 is 1.25 bits per heavy atom. The molecule has 6 nitrogen and oxygen atoms in total. The zero-order chi connectivity index (χ0) is 16.5. The van der Waals surface area contributed by atoms with Crippen LogP contribution in [0.4, 0.5) is 0 Å². The van der Waals surface area contributed by atoms with E-state index in [4.69, 9.17) is 4.74 Å². The lowest BCUT2D eigenvalue weighted by Crippen LogP contribution is -2.34. The summed E-state index contributed by atoms with van der Waals surface area (Å²) in [7, 11) is 0. The normalized spacial score (nSPS) is 17.8. The van der Waals surface area contributed by atoms with E-state index in [1.165, 1.54) is 0 Å². The van der Waals surface area contributed by atoms with Gasteiger partial charge in [-0.25, -0.2) is 0 Å². The summed E-state index contributed by atoms with van der Waals surface area (Å²) in [5, 5.41) is 11.4. The smallest absolute Gasteiger partial charge is 0.228 e. The second-order valence-corrected chi connectivity index (χ2v) is 5.94. The number of amides is 1. The van der Waals surface area contributed by atoms with Crippen molar-refractivity contribution >= 4 is 11.6 Å². The average Bonchev–Trinajstić information content (AvgIpc) is 3.05. The van der Waals surface area contributed by atoms with Crippen molar-refractivity contribution in [1.82, 2.24) is 19.9 Å². The van der Waals surface area contributed by atoms with Crippen LogP contribution >= 0.6 is 0 Å². The van der Waals surface area contributed by atoms with Crippen LogP contribution in [0.15, 0.2) is 48.7 Å². The molecule has 1 amide bonds. The van der Waals surface area contributed by atoms with Gasteiger partial charge in [-0.15, -0.1) is 10.2 Å². The molecule has 3 aromatic rings. The molecule has 24 heavy (non-hydrogen) atoms. The first kappa shape index (κ1) is 14.7. The number of fused-ring (bicyclic) bond motifs is 2. The van der Waals surface area contributed by atoms with Crippen molar-refractivity contribution in [3.63, 3.8) is 0 Å². The van der Waals surface area contributed by atoms with Gasteiger partial charge in [0.1, 0.15) is 5.75 Å². The first-order valence-electron chi connectivity index (χ1n) is 8.06. The fraction of sp³-hybridized carbons (Fsp3) is 0.278. The Morgan fingerprint density at radius 2 is 2.08 bits per heavy atom. The van der Waals surface area contributed by atoms with Crippen LogP contribution in [0.3, 0.4) is 0 Å². The Morgan fingerprint density at radius 3 is 3.00 bits per heavy atom. The van der Waals surface area contributed by atoms with Crippen molar-refractivity contribution in [2.24, 2.45) is 0 Å². The Balaban J connectivity index is 1.56. The van der Waals surface area contributed by atoms with E-state index >= 15 is 0 Å². The Kier molecular flexibility index (Phi) is 3.65. The number of nitrogens with zero attached hydrogens (tertiary/aromatic N) is 3. The summed E-state index contributed by atoms with van der Waals surface area (Å²) in [6.45, 7) is 2.48. The standard InChI is InChI=1S/C18H18N4O2/c1-12(17-21-20-16-8-4-5-10-22(16)17)19-18(23)14-9-11-24-15-7-3-2-6-13(14)15/h2-8,10,12,14H,9,11H2,1H3,(H,19,23). The number of pyridine rings is 1. The van der Waals surface area contributed by atoms with E-state index in [-0.39, 0.29) is 17.9 Å². The fourth-order valence-electron chi connectivity index (χ4n) is 3.15. The van der Waals surface area contributed by atoms with Gasteiger partial charge in [0, 0.05) is 11.8 Å². The number of para-hydroxylation sites is 1. The van der Waals surface area contributed by atoms with Gasteiger partial charge in [-0.05, 0) is 31.5 Å². The number of hydrogen-bond acceptors (Lipinski definition) is 4. The topological polar surface area (TPSA) is 68.5 Å². The number of hydrogen-bond donors (Lipinski definition) is 1. The van der Waals surface area contributed by atoms with E-state index in [1.54, 1.807) is 0 Å². The van der Waals surface area contributed by atoms with E-state index in [2.05, 4.69) is 15.5 Å². The Bertz CT molecular complexity index is 889. The van der Waals surface area contributed by atoms with Gasteiger partial charge in [0.25, 0.3) is 0 Å². The third-order valence-electron chi connectivity index (χ3n) is 4.36. The van der Waals surface area contributed by atoms with Crippen molar-refractivity contribution in [2.75, 3.05) is 6.61 Å². The van der Waals surface area contributed by atoms with Gasteiger partial charge < -0.3 is 10.1 Å². The molecule has 0 saturated heterocycles. The lowest BCUT2D eigenvalue weighted by Gasteiger charge is -2.26. The summed E-state index contributed by atoms with van der Waals surface area (Å²) in [4.78, 5) is 12.8. The maximum absolute atomic E-state index is 12.8. The molecule has 1 aliphatic heterocycles. The van der Waals surface area contributed by atoms with Crippen molar-refractivity contribution in [2.45, 2.75) is 25.3 Å². The highest BCUT2D eigenvalue weighted by Crippen LogP contribution is 2.33. The minimum Gasteiger partial charge on any atom is -0.493 e. The van der Waals surface area contributed by atoms with E-state index in [9.17, 15) is 4.79 Å². The van der Waals surface area contributed by atoms with Crippen molar-refractivity contribution < 1.29 is 9.53 Å². The van der Waals surface area contributed by atoms with Gasteiger partial charge >= 0.3 is 0 Å². The molecule has 2 unspecified atom stereocenters. The molecule has 0 spiro atoms. The fourth-order valence-corrected chi connectivity index (χ4v) is 3.15. The third-order valence-corrected chi connectivity index (χ3v) is 4.36. The average molecular weight is 322 g/mol. The first-order valence-corrected chi connectivity index (χ1v) is 8.06. The van der Waals surface area contributed by atoms with Crippen molar-refractivity contribution in [1.29, 1.82) is 0 Å². The van der Waals surface area contributed by atoms with E-state index in [0.717, 1.165) is 22.8 Å². The molecular weight excluding hydrogens is 304 g/mol. The summed E-state index contributed by atoms with van der Waals surface area (Å²) in [6.07, 6.45) is 2.58. The predicted molar refractivity (Wildman–Crippen MR) is 88.8 cm³/mol. The highest BCUT2D eigenvalue weighted by molar-refractivity contribution is 5.85. The van der Waals surface area contributed by atoms with Gasteiger partial charge in [-0.3, -0.25) is 9.20 Å². The van der Waals surface area contributed by atoms with Crippen LogP contribution in [-0.2, 0) is 4.79 Å². The third kappa shape index (κ3) is 2.50. The van der Waals surface area contributed by atoms with Gasteiger partial charge in [-0.1, -0.05) is 24.3 Å². The molecule has 1 aromatic carbocycles. The van der Waals surface area contributed by atoms with Crippen LogP contribution in [-0.4, -0.2) is 27.1 Å². The zero-order valence-electron chi connectivity index (χ0n) is 13.3. The SMILES string of the molecule is CC(NC(=O)C1CCOc2ccccc21)c1nnc2ccccn12. The lowest BCUT2D eigenvalue weighted by atomic mass is 9.92. The molecule has 1 N–H and O–H groups in total. The molecule has 6 heteroatoms. The number of benzene rings is 1. The molecule has 0 saturated carbocycles. The molecule has 0 fully saturated rings. The first-order chi connectivity index (χ1) is 11.7. The molecule has 0 radical (unpaired) electrons. The number of carbonyl (C=O) groups is 1. The van der Waals surface area contributed by atoms with Crippen LogP contribution in [0.2, 0.25) is 0 Å². The summed E-state index contributed by atoms with van der Waals surface area (Å²) in [5.74, 6) is 1.31. The number of ether oxygens (including phenoxy) is 1. The van der Waals surface area contributed by atoms with Crippen LogP contribution in [0.1, 0.15) is 36.7 Å². The maximum atomic E-state index is 12.8. The van der Waals surface area contributed by atoms with Gasteiger partial charge in [0.2, 0.25) is 5.91 Å². The summed E-state index contributed by atoms with van der Waals surface area (Å²) >= 11 is 0. The Labute approximate surface area is 139 Å². The van der Waals surface area contributed by atoms with Gasteiger partial charge in [0.15, 0.2) is 11.5 Å². The molecule has 0 aliphatic carbocycles. The maximum Gasteiger partial charge on any atom is 0.228 e. The van der Waals surface area contributed by atoms with E-state index in [0.29, 0.717) is 13.0 Å². The summed E-state index contributed by atoms with van der Waals surface area (Å²) in [5.41, 5.74) is 1.71. The number of nitrogens with one attached hydrogen (secondary N) is 1. The second-order valence-electron chi connectivity index (χ2n) is 5.94. The highest BCUT2D eigenvalue weighted by atomic mass is 16.5. The lowest BCUT2D eigenvalue weighted by molar-refractivity contribution is -0.123. The second kappa shape index (κ2) is 5.96. The van der Waals surface area contributed by atoms with Gasteiger partial charge in [0.05, 0.1) is 18.6 Å². The molecule has 2 atom stereocenters. The molecule has 1 aliphatic rings. The quantitative estimate of drug-likeness (QED) is 0.804.